The molecule has 188 valence electrons. The van der Waals surface area contributed by atoms with Crippen LogP contribution in [0.1, 0.15) is 25.2 Å². The number of hydrogen-bond acceptors (Lipinski definition) is 8. The third-order valence-corrected chi connectivity index (χ3v) is 6.42. The Morgan fingerprint density at radius 3 is 2.19 bits per heavy atom. The SMILES string of the molecule is CCOc1ccc(S(=O)(=O)Nc2ccc(Oc3ccc(-n4nc(C)cc4C)nn3)cc2)c(OCC)c1. The monoisotopic (exact) mass is 509 g/mol. The van der Waals surface area contributed by atoms with Gasteiger partial charge in [-0.15, -0.1) is 10.2 Å². The molecule has 4 rings (SSSR count). The van der Waals surface area contributed by atoms with Crippen molar-refractivity contribution in [1.82, 2.24) is 20.0 Å². The lowest BCUT2D eigenvalue weighted by atomic mass is 10.3. The minimum absolute atomic E-state index is 0.0195. The maximum absolute atomic E-state index is 13.0. The minimum Gasteiger partial charge on any atom is -0.494 e. The van der Waals surface area contributed by atoms with Gasteiger partial charge >= 0.3 is 0 Å². The van der Waals surface area contributed by atoms with Crippen LogP contribution in [-0.4, -0.2) is 41.6 Å². The van der Waals surface area contributed by atoms with Gasteiger partial charge in [0.1, 0.15) is 22.1 Å². The van der Waals surface area contributed by atoms with Crippen LogP contribution in [0.25, 0.3) is 5.82 Å². The Bertz CT molecular complexity index is 1430. The second-order valence-electron chi connectivity index (χ2n) is 7.78. The van der Waals surface area contributed by atoms with E-state index in [1.807, 2.05) is 26.8 Å². The number of benzene rings is 2. The maximum atomic E-state index is 13.0. The fourth-order valence-electron chi connectivity index (χ4n) is 3.50. The first kappa shape index (κ1) is 25.0. The second-order valence-corrected chi connectivity index (χ2v) is 9.43. The molecule has 2 aromatic heterocycles. The highest BCUT2D eigenvalue weighted by Gasteiger charge is 2.21. The highest BCUT2D eigenvalue weighted by Crippen LogP contribution is 2.31. The molecule has 10 nitrogen and oxygen atoms in total. The molecule has 36 heavy (non-hydrogen) atoms. The van der Waals surface area contributed by atoms with Crippen molar-refractivity contribution in [2.24, 2.45) is 0 Å². The molecule has 11 heteroatoms. The smallest absolute Gasteiger partial charge is 0.265 e. The molecule has 0 saturated heterocycles. The number of anilines is 1. The lowest BCUT2D eigenvalue weighted by Gasteiger charge is -2.14. The average molecular weight is 510 g/mol. The van der Waals surface area contributed by atoms with Crippen LogP contribution in [0.15, 0.2) is 65.6 Å². The quantitative estimate of drug-likeness (QED) is 0.328. The van der Waals surface area contributed by atoms with Crippen LogP contribution in [0.2, 0.25) is 0 Å². The van der Waals surface area contributed by atoms with Crippen molar-refractivity contribution in [3.8, 4) is 28.9 Å². The number of ether oxygens (including phenoxy) is 3. The van der Waals surface area contributed by atoms with Gasteiger partial charge in [-0.2, -0.15) is 5.10 Å². The summed E-state index contributed by atoms with van der Waals surface area (Å²) in [6.07, 6.45) is 0. The van der Waals surface area contributed by atoms with E-state index >= 15 is 0 Å². The number of sulfonamides is 1. The van der Waals surface area contributed by atoms with Crippen LogP contribution in [0, 0.1) is 13.8 Å². The number of nitrogens with one attached hydrogen (secondary N) is 1. The van der Waals surface area contributed by atoms with E-state index in [2.05, 4.69) is 20.0 Å². The van der Waals surface area contributed by atoms with Crippen molar-refractivity contribution in [3.05, 3.63) is 72.1 Å². The topological polar surface area (TPSA) is 117 Å². The molecule has 0 aliphatic carbocycles. The molecule has 0 spiro atoms. The Hall–Kier alpha value is -4.12. The highest BCUT2D eigenvalue weighted by molar-refractivity contribution is 7.92. The fraction of sp³-hybridized carbons (Fsp3) is 0.240. The van der Waals surface area contributed by atoms with Crippen molar-refractivity contribution >= 4 is 15.7 Å². The summed E-state index contributed by atoms with van der Waals surface area (Å²) in [4.78, 5) is 0.0195. The zero-order valence-corrected chi connectivity index (χ0v) is 21.2. The predicted octanol–water partition coefficient (Wildman–Crippen LogP) is 4.67. The third-order valence-electron chi connectivity index (χ3n) is 5.00. The first-order valence-corrected chi connectivity index (χ1v) is 12.8. The van der Waals surface area contributed by atoms with Crippen LogP contribution in [0.3, 0.4) is 0 Å². The number of nitrogens with zero attached hydrogens (tertiary/aromatic N) is 4. The first-order valence-electron chi connectivity index (χ1n) is 11.4. The van der Waals surface area contributed by atoms with Gasteiger partial charge in [-0.25, -0.2) is 13.1 Å². The summed E-state index contributed by atoms with van der Waals surface area (Å²) in [6.45, 7) is 8.26. The molecule has 0 aliphatic rings. The highest BCUT2D eigenvalue weighted by atomic mass is 32.2. The van der Waals surface area contributed by atoms with E-state index in [-0.39, 0.29) is 10.6 Å². The van der Waals surface area contributed by atoms with Gasteiger partial charge < -0.3 is 14.2 Å². The molecule has 4 aromatic rings. The van der Waals surface area contributed by atoms with Gasteiger partial charge in [-0.3, -0.25) is 4.72 Å². The number of hydrogen-bond donors (Lipinski definition) is 1. The second kappa shape index (κ2) is 10.6. The molecule has 0 unspecified atom stereocenters. The van der Waals surface area contributed by atoms with E-state index < -0.39 is 10.0 Å². The first-order chi connectivity index (χ1) is 17.3. The van der Waals surface area contributed by atoms with E-state index in [4.69, 9.17) is 14.2 Å². The van der Waals surface area contributed by atoms with Crippen LogP contribution in [0.4, 0.5) is 5.69 Å². The van der Waals surface area contributed by atoms with Crippen molar-refractivity contribution < 1.29 is 22.6 Å². The number of aromatic nitrogens is 4. The summed E-state index contributed by atoms with van der Waals surface area (Å²) in [5.74, 6) is 2.11. The number of aryl methyl sites for hydroxylation is 2. The lowest BCUT2D eigenvalue weighted by molar-refractivity contribution is 0.317. The Morgan fingerprint density at radius 1 is 0.861 bits per heavy atom. The summed E-state index contributed by atoms with van der Waals surface area (Å²) in [5, 5.41) is 12.7. The van der Waals surface area contributed by atoms with Crippen molar-refractivity contribution in [2.75, 3.05) is 17.9 Å². The molecule has 0 bridgehead atoms. The summed E-state index contributed by atoms with van der Waals surface area (Å²) in [7, 11) is -3.90. The largest absolute Gasteiger partial charge is 0.494 e. The molecular weight excluding hydrogens is 482 g/mol. The third kappa shape index (κ3) is 5.74. The molecule has 1 N–H and O–H groups in total. The van der Waals surface area contributed by atoms with Crippen molar-refractivity contribution in [1.29, 1.82) is 0 Å². The van der Waals surface area contributed by atoms with Crippen LogP contribution in [-0.2, 0) is 10.0 Å². The van der Waals surface area contributed by atoms with Crippen LogP contribution < -0.4 is 18.9 Å². The molecule has 2 aromatic carbocycles. The molecular formula is C25H27N5O5S. The van der Waals surface area contributed by atoms with Crippen molar-refractivity contribution in [2.45, 2.75) is 32.6 Å². The van der Waals surface area contributed by atoms with Gasteiger partial charge in [0.25, 0.3) is 10.0 Å². The minimum atomic E-state index is -3.90. The lowest BCUT2D eigenvalue weighted by Crippen LogP contribution is -2.14. The predicted molar refractivity (Wildman–Crippen MR) is 135 cm³/mol. The van der Waals surface area contributed by atoms with Gasteiger partial charge in [0.2, 0.25) is 5.88 Å². The molecule has 2 heterocycles. The Morgan fingerprint density at radius 2 is 1.58 bits per heavy atom. The van der Waals surface area contributed by atoms with Gasteiger partial charge in [-0.1, -0.05) is 0 Å². The Labute approximate surface area is 209 Å². The standard InChI is InChI=1S/C25H27N5O5S/c1-5-33-21-11-12-23(22(16-21)34-6-2)36(31,32)29-19-7-9-20(10-8-19)35-25-14-13-24(26-27-25)30-18(4)15-17(3)28-30/h7-16,29H,5-6H2,1-4H3. The molecule has 0 amide bonds. The van der Waals surface area contributed by atoms with Gasteiger partial charge in [0.05, 0.1) is 18.9 Å². The number of rotatable bonds is 10. The molecule has 0 fully saturated rings. The van der Waals surface area contributed by atoms with Crippen molar-refractivity contribution in [3.63, 3.8) is 0 Å². The van der Waals surface area contributed by atoms with Gasteiger partial charge in [0.15, 0.2) is 5.82 Å². The summed E-state index contributed by atoms with van der Waals surface area (Å²) < 4.78 is 47.1. The molecule has 0 saturated carbocycles. The van der Waals surface area contributed by atoms with Gasteiger partial charge in [0, 0.05) is 23.5 Å². The van der Waals surface area contributed by atoms with E-state index in [0.717, 1.165) is 11.4 Å². The summed E-state index contributed by atoms with van der Waals surface area (Å²) >= 11 is 0. The van der Waals surface area contributed by atoms with E-state index in [9.17, 15) is 8.42 Å². The zero-order valence-electron chi connectivity index (χ0n) is 20.4. The molecule has 0 atom stereocenters. The van der Waals surface area contributed by atoms with E-state index in [1.54, 1.807) is 60.1 Å². The zero-order chi connectivity index (χ0) is 25.7. The molecule has 0 radical (unpaired) electrons. The Kier molecular flexibility index (Phi) is 7.39. The summed E-state index contributed by atoms with van der Waals surface area (Å²) in [6, 6.07) is 16.5. The van der Waals surface area contributed by atoms with Crippen LogP contribution in [0.5, 0.6) is 23.1 Å². The maximum Gasteiger partial charge on any atom is 0.265 e. The van der Waals surface area contributed by atoms with E-state index in [0.29, 0.717) is 42.1 Å². The Balaban J connectivity index is 1.46. The molecule has 0 aliphatic heterocycles. The van der Waals surface area contributed by atoms with Gasteiger partial charge in [-0.05, 0) is 76.2 Å². The summed E-state index contributed by atoms with van der Waals surface area (Å²) in [5.41, 5.74) is 2.21. The normalized spacial score (nSPS) is 11.2. The average Bonchev–Trinajstić information content (AvgIpc) is 3.19. The van der Waals surface area contributed by atoms with E-state index in [1.165, 1.54) is 6.07 Å². The van der Waals surface area contributed by atoms with Crippen LogP contribution >= 0.6 is 0 Å². The fourth-order valence-corrected chi connectivity index (χ4v) is 4.68.